The van der Waals surface area contributed by atoms with Crippen molar-refractivity contribution in [1.29, 1.82) is 0 Å². The summed E-state index contributed by atoms with van der Waals surface area (Å²) < 4.78 is 12.2. The largest absolute Gasteiger partial charge is 0.434 e. The van der Waals surface area contributed by atoms with E-state index in [4.69, 9.17) is 26.5 Å². The zero-order valence-corrected chi connectivity index (χ0v) is 29.4. The Bertz CT molecular complexity index is 1700. The summed E-state index contributed by atoms with van der Waals surface area (Å²) in [7, 11) is 1.78. The van der Waals surface area contributed by atoms with Crippen LogP contribution in [0.4, 0.5) is 0 Å². The first-order valence-corrected chi connectivity index (χ1v) is 18.2. The maximum Gasteiger partial charge on any atom is 0.264 e. The Hall–Kier alpha value is -3.89. The monoisotopic (exact) mass is 698 g/mol. The number of likely N-dealkylation sites (N-methyl/N-ethyl adjacent to an activating group) is 1. The molecule has 10 heteroatoms. The van der Waals surface area contributed by atoms with Crippen LogP contribution in [0, 0.1) is 11.8 Å². The molecule has 4 aromatic rings. The third kappa shape index (κ3) is 9.06. The molecule has 0 bridgehead atoms. The van der Waals surface area contributed by atoms with Crippen molar-refractivity contribution in [3.8, 4) is 0 Å². The average Bonchev–Trinajstić information content (AvgIpc) is 3.77. The first-order chi connectivity index (χ1) is 24.3. The van der Waals surface area contributed by atoms with E-state index in [-0.39, 0.29) is 54.4 Å². The number of nitrogens with zero attached hydrogens (tertiary/aromatic N) is 2. The quantitative estimate of drug-likeness (QED) is 0.134. The summed E-state index contributed by atoms with van der Waals surface area (Å²) in [6, 6.07) is 23.7. The molecule has 3 aromatic carbocycles. The number of benzene rings is 3. The van der Waals surface area contributed by atoms with Crippen molar-refractivity contribution in [2.75, 3.05) is 13.6 Å². The Balaban J connectivity index is 1.21. The molecule has 0 spiro atoms. The van der Waals surface area contributed by atoms with Gasteiger partial charge in [-0.25, -0.2) is 4.98 Å². The Morgan fingerprint density at radius 3 is 2.42 bits per heavy atom. The highest BCUT2D eigenvalue weighted by molar-refractivity contribution is 6.30. The number of Topliss-reactive ketones (excluding diaryl/α,β-unsaturated/α-hetero) is 2. The number of amides is 1. The number of ketones is 2. The van der Waals surface area contributed by atoms with Crippen LogP contribution in [0.15, 0.2) is 83.3 Å². The zero-order chi connectivity index (χ0) is 35.0. The number of rotatable bonds is 15. The van der Waals surface area contributed by atoms with Crippen molar-refractivity contribution in [3.63, 3.8) is 0 Å². The van der Waals surface area contributed by atoms with Gasteiger partial charge in [-0.1, -0.05) is 66.2 Å². The van der Waals surface area contributed by atoms with E-state index in [1.54, 1.807) is 24.1 Å². The molecule has 1 aromatic heterocycles. The van der Waals surface area contributed by atoms with E-state index < -0.39 is 18.0 Å². The molecule has 50 heavy (non-hydrogen) atoms. The number of ether oxygens (including phenoxy) is 1. The van der Waals surface area contributed by atoms with Crippen LogP contribution in [-0.2, 0) is 27.4 Å². The molecule has 1 saturated carbocycles. The Morgan fingerprint density at radius 2 is 1.70 bits per heavy atom. The van der Waals surface area contributed by atoms with Crippen molar-refractivity contribution in [2.24, 2.45) is 17.6 Å². The number of carbonyl (C=O) groups excluding carboxylic acids is 3. The summed E-state index contributed by atoms with van der Waals surface area (Å²) in [4.78, 5) is 48.9. The van der Waals surface area contributed by atoms with Gasteiger partial charge < -0.3 is 25.1 Å². The SMILES string of the molecule is CN[C@H](CCc1ccccc1)C(=O)N1C[C@H](OCc2ccc(Cl)cc2)C[C@H]1C(=O)C[C@@H](CC1CCC(N)CC1)C(=O)c1nc2ccccc2o1. The molecular weight excluding hydrogens is 652 g/mol. The van der Waals surface area contributed by atoms with E-state index in [1.165, 1.54) is 0 Å². The van der Waals surface area contributed by atoms with Crippen LogP contribution < -0.4 is 11.1 Å². The Kier molecular flexibility index (Phi) is 12.1. The number of aromatic nitrogens is 1. The summed E-state index contributed by atoms with van der Waals surface area (Å²) in [5, 5.41) is 3.84. The fraction of sp³-hybridized carbons (Fsp3) is 0.450. The van der Waals surface area contributed by atoms with E-state index in [0.717, 1.165) is 36.8 Å². The first-order valence-electron chi connectivity index (χ1n) is 17.8. The number of halogens is 1. The van der Waals surface area contributed by atoms with Crippen molar-refractivity contribution < 1.29 is 23.5 Å². The normalized spacial score (nSPS) is 22.0. The molecule has 1 aliphatic carbocycles. The van der Waals surface area contributed by atoms with Gasteiger partial charge in [0.2, 0.25) is 11.7 Å². The van der Waals surface area contributed by atoms with E-state index >= 15 is 0 Å². The van der Waals surface area contributed by atoms with E-state index in [0.29, 0.717) is 48.4 Å². The molecule has 2 fully saturated rings. The molecule has 1 aliphatic heterocycles. The molecule has 2 aliphatic rings. The second-order valence-electron chi connectivity index (χ2n) is 13.9. The van der Waals surface area contributed by atoms with E-state index in [9.17, 15) is 14.4 Å². The lowest BCUT2D eigenvalue weighted by Gasteiger charge is -2.30. The second kappa shape index (κ2) is 16.9. The van der Waals surface area contributed by atoms with Gasteiger partial charge in [-0.15, -0.1) is 0 Å². The number of fused-ring (bicyclic) bond motifs is 1. The molecule has 1 amide bonds. The van der Waals surface area contributed by atoms with Gasteiger partial charge in [0.05, 0.1) is 24.8 Å². The number of nitrogens with one attached hydrogen (secondary N) is 1. The van der Waals surface area contributed by atoms with Gasteiger partial charge in [0.1, 0.15) is 5.52 Å². The van der Waals surface area contributed by atoms with Crippen LogP contribution in [-0.4, -0.2) is 65.2 Å². The molecular formula is C40H47ClN4O5. The Morgan fingerprint density at radius 1 is 0.980 bits per heavy atom. The van der Waals surface area contributed by atoms with Gasteiger partial charge in [0.25, 0.3) is 5.89 Å². The van der Waals surface area contributed by atoms with Gasteiger partial charge in [0.15, 0.2) is 11.4 Å². The summed E-state index contributed by atoms with van der Waals surface area (Å²) in [6.45, 7) is 0.619. The number of hydrogen-bond acceptors (Lipinski definition) is 8. The number of aryl methyl sites for hydroxylation is 1. The summed E-state index contributed by atoms with van der Waals surface area (Å²) in [5.41, 5.74) is 9.43. The third-order valence-corrected chi connectivity index (χ3v) is 10.6. The number of para-hydroxylation sites is 2. The van der Waals surface area contributed by atoms with E-state index in [1.807, 2.05) is 66.7 Å². The smallest absolute Gasteiger partial charge is 0.264 e. The zero-order valence-electron chi connectivity index (χ0n) is 28.6. The number of nitrogens with two attached hydrogens (primary N) is 1. The number of oxazole rings is 1. The van der Waals surface area contributed by atoms with Gasteiger partial charge in [-0.2, -0.15) is 0 Å². The van der Waals surface area contributed by atoms with Crippen LogP contribution in [0.25, 0.3) is 11.1 Å². The van der Waals surface area contributed by atoms with Crippen molar-refractivity contribution in [2.45, 2.75) is 88.6 Å². The van der Waals surface area contributed by atoms with Crippen molar-refractivity contribution in [3.05, 3.63) is 101 Å². The van der Waals surface area contributed by atoms with Crippen molar-refractivity contribution >= 4 is 40.2 Å². The van der Waals surface area contributed by atoms with Gasteiger partial charge in [-0.3, -0.25) is 14.4 Å². The molecule has 3 N–H and O–H groups in total. The van der Waals surface area contributed by atoms with Crippen LogP contribution in [0.1, 0.15) is 73.2 Å². The lowest BCUT2D eigenvalue weighted by molar-refractivity contribution is -0.139. The second-order valence-corrected chi connectivity index (χ2v) is 14.3. The summed E-state index contributed by atoms with van der Waals surface area (Å²) in [5.74, 6) is -0.885. The lowest BCUT2D eigenvalue weighted by Crippen LogP contribution is -2.50. The predicted molar refractivity (Wildman–Crippen MR) is 194 cm³/mol. The molecule has 0 radical (unpaired) electrons. The van der Waals surface area contributed by atoms with Gasteiger partial charge >= 0.3 is 0 Å². The van der Waals surface area contributed by atoms with Crippen LogP contribution in [0.3, 0.4) is 0 Å². The predicted octanol–water partition coefficient (Wildman–Crippen LogP) is 6.55. The summed E-state index contributed by atoms with van der Waals surface area (Å²) in [6.07, 6.45) is 5.46. The maximum absolute atomic E-state index is 14.4. The van der Waals surface area contributed by atoms with E-state index in [2.05, 4.69) is 10.3 Å². The van der Waals surface area contributed by atoms with Crippen molar-refractivity contribution in [1.82, 2.24) is 15.2 Å². The molecule has 264 valence electrons. The molecule has 6 rings (SSSR count). The minimum atomic E-state index is -0.719. The topological polar surface area (TPSA) is 128 Å². The molecule has 4 atom stereocenters. The van der Waals surface area contributed by atoms with Crippen LogP contribution in [0.5, 0.6) is 0 Å². The maximum atomic E-state index is 14.4. The van der Waals surface area contributed by atoms with Crippen LogP contribution >= 0.6 is 11.6 Å². The molecule has 2 heterocycles. The highest BCUT2D eigenvalue weighted by Crippen LogP contribution is 2.34. The Labute approximate surface area is 298 Å². The molecule has 9 nitrogen and oxygen atoms in total. The minimum Gasteiger partial charge on any atom is -0.434 e. The average molecular weight is 699 g/mol. The molecule has 0 unspecified atom stereocenters. The fourth-order valence-corrected chi connectivity index (χ4v) is 7.58. The fourth-order valence-electron chi connectivity index (χ4n) is 7.45. The third-order valence-electron chi connectivity index (χ3n) is 10.4. The highest BCUT2D eigenvalue weighted by atomic mass is 35.5. The lowest BCUT2D eigenvalue weighted by atomic mass is 9.78. The van der Waals surface area contributed by atoms with Gasteiger partial charge in [0, 0.05) is 36.4 Å². The first kappa shape index (κ1) is 35.9. The molecule has 1 saturated heterocycles. The number of likely N-dealkylation sites (tertiary alicyclic amines) is 1. The van der Waals surface area contributed by atoms with Crippen LogP contribution in [0.2, 0.25) is 5.02 Å². The minimum absolute atomic E-state index is 0.00724. The summed E-state index contributed by atoms with van der Waals surface area (Å²) >= 11 is 6.08. The standard InChI is InChI=1S/C40H47ClN4O5/c1-43-34(20-15-26-7-3-2-4-8-26)40(48)45-24-32(49-25-28-11-16-30(41)17-12-28)23-35(45)36(46)22-29(21-27-13-18-31(42)19-14-27)38(47)39-44-33-9-5-6-10-37(33)50-39/h2-12,16-17,27,29,31-32,34-35,43H,13-15,18-25,42H2,1H3/t27?,29-,31?,32-,34-,35+/m1/s1. The number of hydrogen-bond donors (Lipinski definition) is 2. The highest BCUT2D eigenvalue weighted by Gasteiger charge is 2.43. The van der Waals surface area contributed by atoms with Gasteiger partial charge in [-0.05, 0) is 93.3 Å². The number of carbonyl (C=O) groups is 3.